The summed E-state index contributed by atoms with van der Waals surface area (Å²) in [6, 6.07) is 4.30. The molecule has 1 aromatic rings. The van der Waals surface area contributed by atoms with Gasteiger partial charge in [0, 0.05) is 51.4 Å². The van der Waals surface area contributed by atoms with Crippen LogP contribution in [0.25, 0.3) is 0 Å². The average molecular weight is 526 g/mol. The van der Waals surface area contributed by atoms with Crippen molar-refractivity contribution in [3.05, 3.63) is 29.3 Å². The predicted octanol–water partition coefficient (Wildman–Crippen LogP) is 1.47. The van der Waals surface area contributed by atoms with Crippen LogP contribution in [0.15, 0.2) is 18.2 Å². The van der Waals surface area contributed by atoms with Crippen LogP contribution in [0.4, 0.5) is 10.5 Å². The largest absolute Gasteiger partial charge is 0.444 e. The lowest BCUT2D eigenvalue weighted by atomic mass is 9.96. The van der Waals surface area contributed by atoms with Crippen LogP contribution < -0.4 is 10.2 Å². The standard InChI is InChI=1S/C27H35N5O6/c1-27(2,3)38-26(37)31-15-17(16-31)8-9-29-10-12-30(13-11-29)18-4-5-19-20(14-18)25(36)32(24(19)35)21-6-7-22(33)28-23(21)34/h4-5,14,17,21H,6-13,15-16H2,1-3H3,(H,28,33,34). The summed E-state index contributed by atoms with van der Waals surface area (Å²) in [5.41, 5.74) is 1.00. The number of nitrogens with one attached hydrogen (secondary N) is 1. The number of hydrogen-bond donors (Lipinski definition) is 1. The molecule has 1 unspecified atom stereocenters. The first-order chi connectivity index (χ1) is 18.0. The molecular weight excluding hydrogens is 490 g/mol. The number of ether oxygens (including phenoxy) is 1. The normalized spacial score (nSPS) is 22.9. The highest BCUT2D eigenvalue weighted by Gasteiger charge is 2.44. The van der Waals surface area contributed by atoms with Gasteiger partial charge in [-0.05, 0) is 64.3 Å². The summed E-state index contributed by atoms with van der Waals surface area (Å²) >= 11 is 0. The zero-order valence-corrected chi connectivity index (χ0v) is 22.2. The van der Waals surface area contributed by atoms with E-state index >= 15 is 0 Å². The fourth-order valence-electron chi connectivity index (χ4n) is 5.48. The summed E-state index contributed by atoms with van der Waals surface area (Å²) < 4.78 is 5.42. The van der Waals surface area contributed by atoms with Crippen LogP contribution in [-0.4, -0.2) is 102 Å². The van der Waals surface area contributed by atoms with Crippen LogP contribution in [0.5, 0.6) is 0 Å². The first-order valence-electron chi connectivity index (χ1n) is 13.3. The molecule has 1 N–H and O–H groups in total. The smallest absolute Gasteiger partial charge is 0.410 e. The Morgan fingerprint density at radius 1 is 1.00 bits per heavy atom. The van der Waals surface area contributed by atoms with Crippen molar-refractivity contribution in [2.24, 2.45) is 5.92 Å². The van der Waals surface area contributed by atoms with E-state index < -0.39 is 29.4 Å². The lowest BCUT2D eigenvalue weighted by Gasteiger charge is -2.41. The van der Waals surface area contributed by atoms with Gasteiger partial charge in [0.1, 0.15) is 11.6 Å². The third kappa shape index (κ3) is 5.24. The second-order valence-corrected chi connectivity index (χ2v) is 11.5. The SMILES string of the molecule is CC(C)(C)OC(=O)N1CC(CCN2CCN(c3ccc4c(c3)C(=O)N(C3CCC(=O)NC3=O)C4=O)CC2)C1. The Labute approximate surface area is 222 Å². The molecule has 1 aromatic carbocycles. The molecule has 0 aliphatic carbocycles. The lowest BCUT2D eigenvalue weighted by Crippen LogP contribution is -2.54. The maximum absolute atomic E-state index is 13.1. The molecule has 11 heteroatoms. The van der Waals surface area contributed by atoms with Gasteiger partial charge in [0.15, 0.2) is 0 Å². The van der Waals surface area contributed by atoms with Crippen molar-refractivity contribution in [3.63, 3.8) is 0 Å². The van der Waals surface area contributed by atoms with Crippen LogP contribution >= 0.6 is 0 Å². The minimum Gasteiger partial charge on any atom is -0.444 e. The van der Waals surface area contributed by atoms with Gasteiger partial charge in [0.05, 0.1) is 11.1 Å². The third-order valence-electron chi connectivity index (χ3n) is 7.62. The number of nitrogens with zero attached hydrogens (tertiary/aromatic N) is 4. The number of rotatable bonds is 5. The van der Waals surface area contributed by atoms with E-state index in [2.05, 4.69) is 15.1 Å². The molecule has 11 nitrogen and oxygen atoms in total. The summed E-state index contributed by atoms with van der Waals surface area (Å²) in [5, 5.41) is 2.22. The second-order valence-electron chi connectivity index (χ2n) is 11.5. The molecule has 3 saturated heterocycles. The van der Waals surface area contributed by atoms with Gasteiger partial charge in [-0.1, -0.05) is 0 Å². The molecule has 5 rings (SSSR count). The number of likely N-dealkylation sites (tertiary alicyclic amines) is 1. The zero-order chi connectivity index (χ0) is 27.2. The quantitative estimate of drug-likeness (QED) is 0.574. The Bertz CT molecular complexity index is 1160. The highest BCUT2D eigenvalue weighted by Crippen LogP contribution is 2.31. The van der Waals surface area contributed by atoms with Gasteiger partial charge in [0.25, 0.3) is 11.8 Å². The van der Waals surface area contributed by atoms with Crippen molar-refractivity contribution >= 4 is 35.4 Å². The van der Waals surface area contributed by atoms with E-state index in [1.807, 2.05) is 26.8 Å². The first-order valence-corrected chi connectivity index (χ1v) is 13.3. The molecule has 0 spiro atoms. The van der Waals surface area contributed by atoms with E-state index in [0.29, 0.717) is 17.0 Å². The van der Waals surface area contributed by atoms with Gasteiger partial charge < -0.3 is 14.5 Å². The summed E-state index contributed by atoms with van der Waals surface area (Å²) in [4.78, 5) is 69.3. The summed E-state index contributed by atoms with van der Waals surface area (Å²) in [6.45, 7) is 11.4. The molecule has 1 atom stereocenters. The van der Waals surface area contributed by atoms with E-state index in [-0.39, 0.29) is 24.8 Å². The molecule has 4 heterocycles. The number of anilines is 1. The van der Waals surface area contributed by atoms with Gasteiger partial charge in [-0.2, -0.15) is 0 Å². The van der Waals surface area contributed by atoms with E-state index in [0.717, 1.165) is 62.8 Å². The van der Waals surface area contributed by atoms with Crippen LogP contribution in [0.3, 0.4) is 0 Å². The zero-order valence-electron chi connectivity index (χ0n) is 22.2. The maximum atomic E-state index is 13.1. The summed E-state index contributed by atoms with van der Waals surface area (Å²) in [7, 11) is 0. The number of hydrogen-bond acceptors (Lipinski definition) is 8. The van der Waals surface area contributed by atoms with Gasteiger partial charge >= 0.3 is 6.09 Å². The predicted molar refractivity (Wildman–Crippen MR) is 138 cm³/mol. The molecule has 3 fully saturated rings. The second kappa shape index (κ2) is 10.0. The molecule has 204 valence electrons. The number of piperidine rings is 1. The topological polar surface area (TPSA) is 120 Å². The monoisotopic (exact) mass is 525 g/mol. The number of fused-ring (bicyclic) bond motifs is 1. The molecule has 0 radical (unpaired) electrons. The highest BCUT2D eigenvalue weighted by atomic mass is 16.6. The van der Waals surface area contributed by atoms with Gasteiger partial charge in [0.2, 0.25) is 11.8 Å². The van der Waals surface area contributed by atoms with Gasteiger partial charge in [-0.3, -0.25) is 34.3 Å². The van der Waals surface area contributed by atoms with Crippen LogP contribution in [0.2, 0.25) is 0 Å². The van der Waals surface area contributed by atoms with Crippen LogP contribution in [0.1, 0.15) is 60.7 Å². The minimum atomic E-state index is -0.959. The van der Waals surface area contributed by atoms with E-state index in [1.165, 1.54) is 0 Å². The van der Waals surface area contributed by atoms with E-state index in [1.54, 1.807) is 17.0 Å². The van der Waals surface area contributed by atoms with Crippen molar-refractivity contribution in [2.45, 2.75) is 51.7 Å². The van der Waals surface area contributed by atoms with Crippen molar-refractivity contribution in [3.8, 4) is 0 Å². The fourth-order valence-corrected chi connectivity index (χ4v) is 5.48. The molecule has 0 bridgehead atoms. The first kappa shape index (κ1) is 26.1. The Kier molecular flexibility index (Phi) is 6.89. The Balaban J connectivity index is 1.11. The lowest BCUT2D eigenvalue weighted by molar-refractivity contribution is -0.136. The van der Waals surface area contributed by atoms with Crippen molar-refractivity contribution in [2.75, 3.05) is 50.7 Å². The van der Waals surface area contributed by atoms with Gasteiger partial charge in [-0.15, -0.1) is 0 Å². The van der Waals surface area contributed by atoms with Crippen LogP contribution in [0, 0.1) is 5.92 Å². The highest BCUT2D eigenvalue weighted by molar-refractivity contribution is 6.23. The average Bonchev–Trinajstić information content (AvgIpc) is 3.07. The maximum Gasteiger partial charge on any atom is 0.410 e. The molecule has 5 amide bonds. The summed E-state index contributed by atoms with van der Waals surface area (Å²) in [5.74, 6) is -1.47. The van der Waals surface area contributed by atoms with E-state index in [9.17, 15) is 24.0 Å². The minimum absolute atomic E-state index is 0.0993. The van der Waals surface area contributed by atoms with Crippen LogP contribution in [-0.2, 0) is 14.3 Å². The molecule has 0 saturated carbocycles. The summed E-state index contributed by atoms with van der Waals surface area (Å²) in [6.07, 6.45) is 1.04. The Morgan fingerprint density at radius 2 is 1.68 bits per heavy atom. The number of piperazine rings is 1. The van der Waals surface area contributed by atoms with Gasteiger partial charge in [-0.25, -0.2) is 4.79 Å². The molecular formula is C27H35N5O6. The fraction of sp³-hybridized carbons (Fsp3) is 0.593. The van der Waals surface area contributed by atoms with Crippen molar-refractivity contribution < 1.29 is 28.7 Å². The third-order valence-corrected chi connectivity index (χ3v) is 7.62. The Hall–Kier alpha value is -3.47. The number of amides is 5. The molecule has 4 aliphatic rings. The Morgan fingerprint density at radius 3 is 2.34 bits per heavy atom. The number of benzene rings is 1. The van der Waals surface area contributed by atoms with Crippen molar-refractivity contribution in [1.82, 2.24) is 20.0 Å². The number of carbonyl (C=O) groups is 5. The molecule has 4 aliphatic heterocycles. The number of carbonyl (C=O) groups excluding carboxylic acids is 5. The van der Waals surface area contributed by atoms with E-state index in [4.69, 9.17) is 4.74 Å². The van der Waals surface area contributed by atoms with Crippen molar-refractivity contribution in [1.29, 1.82) is 0 Å². The molecule has 38 heavy (non-hydrogen) atoms. The number of imide groups is 2. The molecule has 0 aromatic heterocycles.